The van der Waals surface area contributed by atoms with Crippen molar-refractivity contribution in [1.82, 2.24) is 4.98 Å². The summed E-state index contributed by atoms with van der Waals surface area (Å²) in [5.74, 6) is 0.520. The highest BCUT2D eigenvalue weighted by Crippen LogP contribution is 2.26. The Kier molecular flexibility index (Phi) is 3.50. The van der Waals surface area contributed by atoms with Crippen LogP contribution in [0.5, 0.6) is 0 Å². The maximum Gasteiger partial charge on any atom is 0.0940 e. The second kappa shape index (κ2) is 4.87. The molecule has 0 radical (unpaired) electrons. The molecule has 0 aromatic carbocycles. The molecular formula is C10H16N2OS. The molecule has 1 saturated heterocycles. The van der Waals surface area contributed by atoms with Gasteiger partial charge in [-0.15, -0.1) is 11.3 Å². The Balaban J connectivity index is 2.00. The maximum atomic E-state index is 5.49. The van der Waals surface area contributed by atoms with Gasteiger partial charge in [-0.05, 0) is 19.4 Å². The molecule has 1 fully saturated rings. The quantitative estimate of drug-likeness (QED) is 0.826. The standard InChI is InChI=1S/C10H16N2OS/c11-4-3-10-12-9(7-14-10)8-2-1-5-13-6-8/h7-8H,1-6,11H2. The van der Waals surface area contributed by atoms with Gasteiger partial charge in [-0.25, -0.2) is 4.98 Å². The summed E-state index contributed by atoms with van der Waals surface area (Å²) in [6, 6.07) is 0. The lowest BCUT2D eigenvalue weighted by Gasteiger charge is -2.20. The molecule has 1 unspecified atom stereocenters. The van der Waals surface area contributed by atoms with E-state index in [4.69, 9.17) is 10.5 Å². The van der Waals surface area contributed by atoms with Crippen LogP contribution in [-0.2, 0) is 11.2 Å². The largest absolute Gasteiger partial charge is 0.381 e. The predicted octanol–water partition coefficient (Wildman–Crippen LogP) is 1.54. The molecule has 0 bridgehead atoms. The molecule has 2 heterocycles. The van der Waals surface area contributed by atoms with Gasteiger partial charge in [0.25, 0.3) is 0 Å². The molecule has 2 rings (SSSR count). The van der Waals surface area contributed by atoms with Crippen LogP contribution in [0.15, 0.2) is 5.38 Å². The van der Waals surface area contributed by atoms with Gasteiger partial charge in [0, 0.05) is 24.3 Å². The minimum atomic E-state index is 0.520. The predicted molar refractivity (Wildman–Crippen MR) is 57.7 cm³/mol. The molecule has 1 atom stereocenters. The second-order valence-corrected chi connectivity index (χ2v) is 4.56. The van der Waals surface area contributed by atoms with Crippen LogP contribution in [-0.4, -0.2) is 24.7 Å². The van der Waals surface area contributed by atoms with Gasteiger partial charge in [-0.3, -0.25) is 0 Å². The summed E-state index contributed by atoms with van der Waals surface area (Å²) in [4.78, 5) is 4.58. The summed E-state index contributed by atoms with van der Waals surface area (Å²) in [6.07, 6.45) is 3.28. The van der Waals surface area contributed by atoms with E-state index in [0.29, 0.717) is 12.5 Å². The van der Waals surface area contributed by atoms with Crippen LogP contribution in [0.4, 0.5) is 0 Å². The first-order valence-corrected chi connectivity index (χ1v) is 6.00. The van der Waals surface area contributed by atoms with Gasteiger partial charge in [0.2, 0.25) is 0 Å². The molecule has 4 heteroatoms. The zero-order chi connectivity index (χ0) is 9.80. The highest BCUT2D eigenvalue weighted by Gasteiger charge is 2.18. The molecule has 0 spiro atoms. The Hall–Kier alpha value is -0.450. The fourth-order valence-electron chi connectivity index (χ4n) is 1.72. The Labute approximate surface area is 88.3 Å². The molecule has 0 saturated carbocycles. The molecule has 1 aliphatic heterocycles. The number of hydrogen-bond donors (Lipinski definition) is 1. The van der Waals surface area contributed by atoms with Gasteiger partial charge < -0.3 is 10.5 Å². The molecule has 14 heavy (non-hydrogen) atoms. The number of thiazole rings is 1. The Morgan fingerprint density at radius 3 is 3.29 bits per heavy atom. The van der Waals surface area contributed by atoms with Gasteiger partial charge in [0.05, 0.1) is 17.3 Å². The lowest BCUT2D eigenvalue weighted by molar-refractivity contribution is 0.0794. The molecule has 0 amide bonds. The van der Waals surface area contributed by atoms with Crippen molar-refractivity contribution in [3.05, 3.63) is 16.1 Å². The number of aromatic nitrogens is 1. The van der Waals surface area contributed by atoms with Crippen molar-refractivity contribution in [1.29, 1.82) is 0 Å². The summed E-state index contributed by atoms with van der Waals surface area (Å²) in [7, 11) is 0. The Morgan fingerprint density at radius 2 is 2.57 bits per heavy atom. The molecule has 2 N–H and O–H groups in total. The number of nitrogens with zero attached hydrogens (tertiary/aromatic N) is 1. The van der Waals surface area contributed by atoms with Crippen molar-refractivity contribution in [3.8, 4) is 0 Å². The Morgan fingerprint density at radius 1 is 1.64 bits per heavy atom. The van der Waals surface area contributed by atoms with Crippen molar-refractivity contribution in [2.75, 3.05) is 19.8 Å². The topological polar surface area (TPSA) is 48.1 Å². The van der Waals surface area contributed by atoms with Crippen molar-refractivity contribution in [2.24, 2.45) is 5.73 Å². The van der Waals surface area contributed by atoms with E-state index in [1.165, 1.54) is 12.1 Å². The summed E-state index contributed by atoms with van der Waals surface area (Å²) < 4.78 is 5.45. The van der Waals surface area contributed by atoms with Crippen molar-refractivity contribution < 1.29 is 4.74 Å². The van der Waals surface area contributed by atoms with Gasteiger partial charge >= 0.3 is 0 Å². The van der Waals surface area contributed by atoms with Gasteiger partial charge in [-0.1, -0.05) is 0 Å². The van der Waals surface area contributed by atoms with Crippen molar-refractivity contribution in [3.63, 3.8) is 0 Å². The minimum absolute atomic E-state index is 0.520. The van der Waals surface area contributed by atoms with Gasteiger partial charge in [0.15, 0.2) is 0 Å². The van der Waals surface area contributed by atoms with E-state index in [0.717, 1.165) is 31.1 Å². The first-order valence-electron chi connectivity index (χ1n) is 5.12. The van der Waals surface area contributed by atoms with Crippen LogP contribution in [0.3, 0.4) is 0 Å². The number of ether oxygens (including phenoxy) is 1. The molecule has 1 aromatic heterocycles. The SMILES string of the molecule is NCCc1nc(C2CCCOC2)cs1. The summed E-state index contributed by atoms with van der Waals surface area (Å²) in [6.45, 7) is 2.44. The fraction of sp³-hybridized carbons (Fsp3) is 0.700. The highest BCUT2D eigenvalue weighted by atomic mass is 32.1. The van der Waals surface area contributed by atoms with Crippen LogP contribution in [0, 0.1) is 0 Å². The van der Waals surface area contributed by atoms with E-state index in [1.807, 2.05) is 0 Å². The maximum absolute atomic E-state index is 5.49. The molecule has 3 nitrogen and oxygen atoms in total. The Bertz CT molecular complexity index is 281. The van der Waals surface area contributed by atoms with Crippen molar-refractivity contribution >= 4 is 11.3 Å². The number of hydrogen-bond acceptors (Lipinski definition) is 4. The molecule has 1 aliphatic rings. The smallest absolute Gasteiger partial charge is 0.0940 e. The molecule has 78 valence electrons. The van der Waals surface area contributed by atoms with E-state index in [9.17, 15) is 0 Å². The molecule has 0 aliphatic carbocycles. The van der Waals surface area contributed by atoms with Crippen LogP contribution >= 0.6 is 11.3 Å². The number of nitrogens with two attached hydrogens (primary N) is 1. The van der Waals surface area contributed by atoms with Crippen LogP contribution in [0.1, 0.15) is 29.5 Å². The normalized spacial score (nSPS) is 22.5. The molecular weight excluding hydrogens is 196 g/mol. The van der Waals surface area contributed by atoms with E-state index >= 15 is 0 Å². The minimum Gasteiger partial charge on any atom is -0.381 e. The van der Waals surface area contributed by atoms with Gasteiger partial charge in [-0.2, -0.15) is 0 Å². The third-order valence-electron chi connectivity index (χ3n) is 2.51. The van der Waals surface area contributed by atoms with E-state index in [1.54, 1.807) is 11.3 Å². The van der Waals surface area contributed by atoms with E-state index < -0.39 is 0 Å². The monoisotopic (exact) mass is 212 g/mol. The summed E-state index contributed by atoms with van der Waals surface area (Å²) in [5.41, 5.74) is 6.70. The molecule has 1 aromatic rings. The van der Waals surface area contributed by atoms with Crippen LogP contribution in [0.2, 0.25) is 0 Å². The average molecular weight is 212 g/mol. The first-order chi connectivity index (χ1) is 6.90. The lowest BCUT2D eigenvalue weighted by Crippen LogP contribution is -2.15. The third kappa shape index (κ3) is 2.32. The first kappa shape index (κ1) is 10.1. The summed E-state index contributed by atoms with van der Waals surface area (Å²) in [5, 5.41) is 3.32. The van der Waals surface area contributed by atoms with E-state index in [2.05, 4.69) is 10.4 Å². The van der Waals surface area contributed by atoms with Crippen LogP contribution < -0.4 is 5.73 Å². The van der Waals surface area contributed by atoms with Crippen LogP contribution in [0.25, 0.3) is 0 Å². The zero-order valence-electron chi connectivity index (χ0n) is 8.24. The summed E-state index contributed by atoms with van der Waals surface area (Å²) >= 11 is 1.72. The number of rotatable bonds is 3. The highest BCUT2D eigenvalue weighted by molar-refractivity contribution is 7.09. The fourth-order valence-corrected chi connectivity index (χ4v) is 2.62. The average Bonchev–Trinajstić information content (AvgIpc) is 2.68. The van der Waals surface area contributed by atoms with E-state index in [-0.39, 0.29) is 0 Å². The lowest BCUT2D eigenvalue weighted by atomic mass is 10.00. The second-order valence-electron chi connectivity index (χ2n) is 3.62. The third-order valence-corrected chi connectivity index (χ3v) is 3.43. The van der Waals surface area contributed by atoms with Gasteiger partial charge in [0.1, 0.15) is 0 Å². The zero-order valence-corrected chi connectivity index (χ0v) is 9.05. The van der Waals surface area contributed by atoms with Crippen molar-refractivity contribution in [2.45, 2.75) is 25.2 Å².